The van der Waals surface area contributed by atoms with Crippen LogP contribution in [0.4, 0.5) is 13.2 Å². The van der Waals surface area contributed by atoms with Gasteiger partial charge in [-0.2, -0.15) is 13.2 Å². The minimum atomic E-state index is -4.29. The minimum Gasteiger partial charge on any atom is -0.513 e. The summed E-state index contributed by atoms with van der Waals surface area (Å²) in [5.74, 6) is 0.162. The standard InChI is InChI=1S/C11H11F3O/c1-8(15)2-3-9-4-6-10(7-5-9)11(12,13)14/h2,4-7,15H,3H2,1H3. The summed E-state index contributed by atoms with van der Waals surface area (Å²) >= 11 is 0. The number of halogens is 3. The van der Waals surface area contributed by atoms with E-state index >= 15 is 0 Å². The number of hydrogen-bond donors (Lipinski definition) is 1. The van der Waals surface area contributed by atoms with Crippen LogP contribution in [0.2, 0.25) is 0 Å². The summed E-state index contributed by atoms with van der Waals surface area (Å²) in [6.45, 7) is 1.52. The third kappa shape index (κ3) is 3.65. The largest absolute Gasteiger partial charge is 0.513 e. The van der Waals surface area contributed by atoms with E-state index in [4.69, 9.17) is 5.11 Å². The van der Waals surface area contributed by atoms with Crippen LogP contribution >= 0.6 is 0 Å². The number of hydrogen-bond acceptors (Lipinski definition) is 1. The highest BCUT2D eigenvalue weighted by atomic mass is 19.4. The van der Waals surface area contributed by atoms with E-state index in [9.17, 15) is 13.2 Å². The van der Waals surface area contributed by atoms with Crippen LogP contribution in [0.15, 0.2) is 36.1 Å². The molecule has 0 aliphatic heterocycles. The Morgan fingerprint density at radius 2 is 1.80 bits per heavy atom. The van der Waals surface area contributed by atoms with Crippen LogP contribution in [0.1, 0.15) is 18.1 Å². The van der Waals surface area contributed by atoms with Crippen molar-refractivity contribution >= 4 is 0 Å². The topological polar surface area (TPSA) is 20.2 Å². The molecule has 0 atom stereocenters. The molecule has 0 fully saturated rings. The average molecular weight is 216 g/mol. The van der Waals surface area contributed by atoms with Gasteiger partial charge in [-0.1, -0.05) is 12.1 Å². The monoisotopic (exact) mass is 216 g/mol. The molecule has 0 aliphatic carbocycles. The van der Waals surface area contributed by atoms with E-state index in [2.05, 4.69) is 0 Å². The van der Waals surface area contributed by atoms with Crippen LogP contribution in [-0.2, 0) is 12.6 Å². The van der Waals surface area contributed by atoms with Gasteiger partial charge in [0.2, 0.25) is 0 Å². The lowest BCUT2D eigenvalue weighted by molar-refractivity contribution is -0.137. The van der Waals surface area contributed by atoms with Gasteiger partial charge in [0.05, 0.1) is 11.3 Å². The molecular formula is C11H11F3O. The van der Waals surface area contributed by atoms with E-state index in [1.807, 2.05) is 0 Å². The van der Waals surface area contributed by atoms with Crippen molar-refractivity contribution < 1.29 is 18.3 Å². The van der Waals surface area contributed by atoms with Gasteiger partial charge in [0.25, 0.3) is 0 Å². The van der Waals surface area contributed by atoms with E-state index in [0.717, 1.165) is 17.7 Å². The van der Waals surface area contributed by atoms with Crippen LogP contribution < -0.4 is 0 Å². The zero-order chi connectivity index (χ0) is 11.5. The fraction of sp³-hybridized carbons (Fsp3) is 0.273. The quantitative estimate of drug-likeness (QED) is 0.747. The lowest BCUT2D eigenvalue weighted by Gasteiger charge is -2.06. The molecule has 1 rings (SSSR count). The molecule has 15 heavy (non-hydrogen) atoms. The van der Waals surface area contributed by atoms with E-state index < -0.39 is 11.7 Å². The number of allylic oxidation sites excluding steroid dienone is 2. The third-order valence-electron chi connectivity index (χ3n) is 1.91. The van der Waals surface area contributed by atoms with Gasteiger partial charge < -0.3 is 5.11 Å². The third-order valence-corrected chi connectivity index (χ3v) is 1.91. The number of benzene rings is 1. The molecule has 0 saturated heterocycles. The fourth-order valence-corrected chi connectivity index (χ4v) is 1.10. The van der Waals surface area contributed by atoms with Crippen molar-refractivity contribution in [2.75, 3.05) is 0 Å². The zero-order valence-corrected chi connectivity index (χ0v) is 8.17. The van der Waals surface area contributed by atoms with Crippen molar-refractivity contribution in [1.82, 2.24) is 0 Å². The average Bonchev–Trinajstić information content (AvgIpc) is 2.14. The van der Waals surface area contributed by atoms with Crippen LogP contribution in [0.3, 0.4) is 0 Å². The van der Waals surface area contributed by atoms with Crippen molar-refractivity contribution in [3.05, 3.63) is 47.2 Å². The highest BCUT2D eigenvalue weighted by molar-refractivity contribution is 5.26. The number of aliphatic hydroxyl groups excluding tert-OH is 1. The second-order valence-electron chi connectivity index (χ2n) is 3.24. The molecule has 0 radical (unpaired) electrons. The van der Waals surface area contributed by atoms with Crippen molar-refractivity contribution in [3.8, 4) is 0 Å². The van der Waals surface area contributed by atoms with Gasteiger partial charge >= 0.3 is 6.18 Å². The molecule has 1 aromatic carbocycles. The van der Waals surface area contributed by atoms with E-state index in [1.165, 1.54) is 19.1 Å². The Morgan fingerprint density at radius 1 is 1.27 bits per heavy atom. The molecule has 0 saturated carbocycles. The minimum absolute atomic E-state index is 0.162. The summed E-state index contributed by atoms with van der Waals surface area (Å²) in [5, 5.41) is 8.88. The van der Waals surface area contributed by atoms with Gasteiger partial charge in [-0.25, -0.2) is 0 Å². The van der Waals surface area contributed by atoms with Gasteiger partial charge in [-0.05, 0) is 37.1 Å². The maximum atomic E-state index is 12.2. The number of alkyl halides is 3. The molecule has 82 valence electrons. The van der Waals surface area contributed by atoms with Crippen molar-refractivity contribution in [3.63, 3.8) is 0 Å². The Bertz CT molecular complexity index is 345. The van der Waals surface area contributed by atoms with Crippen molar-refractivity contribution in [2.24, 2.45) is 0 Å². The Hall–Kier alpha value is -1.45. The molecule has 0 aliphatic rings. The molecule has 0 aromatic heterocycles. The molecule has 0 amide bonds. The van der Waals surface area contributed by atoms with Crippen LogP contribution in [-0.4, -0.2) is 5.11 Å². The summed E-state index contributed by atoms with van der Waals surface area (Å²) in [7, 11) is 0. The first-order valence-electron chi connectivity index (χ1n) is 4.41. The van der Waals surface area contributed by atoms with Gasteiger partial charge in [0.15, 0.2) is 0 Å². The maximum absolute atomic E-state index is 12.2. The molecule has 0 spiro atoms. The normalized spacial score (nSPS) is 12.9. The Kier molecular flexibility index (Phi) is 3.39. The SMILES string of the molecule is CC(O)=CCc1ccc(C(F)(F)F)cc1. The molecular weight excluding hydrogens is 205 g/mol. The molecule has 4 heteroatoms. The highest BCUT2D eigenvalue weighted by Crippen LogP contribution is 2.29. The summed E-state index contributed by atoms with van der Waals surface area (Å²) in [4.78, 5) is 0. The highest BCUT2D eigenvalue weighted by Gasteiger charge is 2.29. The first-order valence-corrected chi connectivity index (χ1v) is 4.41. The van der Waals surface area contributed by atoms with E-state index in [-0.39, 0.29) is 5.76 Å². The zero-order valence-electron chi connectivity index (χ0n) is 8.17. The van der Waals surface area contributed by atoms with Gasteiger partial charge in [-0.15, -0.1) is 0 Å². The molecule has 0 heterocycles. The van der Waals surface area contributed by atoms with Crippen molar-refractivity contribution in [1.29, 1.82) is 0 Å². The molecule has 1 N–H and O–H groups in total. The Balaban J connectivity index is 2.77. The van der Waals surface area contributed by atoms with Gasteiger partial charge in [0, 0.05) is 0 Å². The summed E-state index contributed by atoms with van der Waals surface area (Å²) in [5.41, 5.74) is 0.0762. The predicted octanol–water partition coefficient (Wildman–Crippen LogP) is 3.71. The van der Waals surface area contributed by atoms with Crippen LogP contribution in [0.5, 0.6) is 0 Å². The van der Waals surface area contributed by atoms with Crippen molar-refractivity contribution in [2.45, 2.75) is 19.5 Å². The second-order valence-corrected chi connectivity index (χ2v) is 3.24. The number of aliphatic hydroxyl groups is 1. The summed E-state index contributed by atoms with van der Waals surface area (Å²) < 4.78 is 36.5. The Morgan fingerprint density at radius 3 is 2.20 bits per heavy atom. The number of rotatable bonds is 2. The van der Waals surface area contributed by atoms with E-state index in [1.54, 1.807) is 6.08 Å². The first kappa shape index (κ1) is 11.6. The van der Waals surface area contributed by atoms with Gasteiger partial charge in [-0.3, -0.25) is 0 Å². The molecule has 1 nitrogen and oxygen atoms in total. The lowest BCUT2D eigenvalue weighted by atomic mass is 10.1. The molecule has 0 unspecified atom stereocenters. The van der Waals surface area contributed by atoms with E-state index in [0.29, 0.717) is 6.42 Å². The Labute approximate surface area is 85.9 Å². The second kappa shape index (κ2) is 4.38. The smallest absolute Gasteiger partial charge is 0.416 e. The summed E-state index contributed by atoms with van der Waals surface area (Å²) in [6, 6.07) is 4.89. The predicted molar refractivity (Wildman–Crippen MR) is 51.5 cm³/mol. The maximum Gasteiger partial charge on any atom is 0.416 e. The van der Waals surface area contributed by atoms with Crippen LogP contribution in [0.25, 0.3) is 0 Å². The first-order chi connectivity index (χ1) is 6.89. The van der Waals surface area contributed by atoms with Gasteiger partial charge in [0.1, 0.15) is 0 Å². The fourth-order valence-electron chi connectivity index (χ4n) is 1.10. The van der Waals surface area contributed by atoms with Crippen LogP contribution in [0, 0.1) is 0 Å². The summed E-state index contributed by atoms with van der Waals surface area (Å²) in [6.07, 6.45) is -2.32. The molecule has 1 aromatic rings. The lowest BCUT2D eigenvalue weighted by Crippen LogP contribution is -2.04. The molecule has 0 bridgehead atoms.